The third-order valence-corrected chi connectivity index (χ3v) is 3.10. The quantitative estimate of drug-likeness (QED) is 0.634. The van der Waals surface area contributed by atoms with Crippen molar-refractivity contribution < 1.29 is 9.53 Å². The Morgan fingerprint density at radius 1 is 1.53 bits per heavy atom. The SMILES string of the molecule is CCOC(=O)Cc1c(CBr)ccc(C)c1C#N. The van der Waals surface area contributed by atoms with Crippen LogP contribution in [0.5, 0.6) is 0 Å². The van der Waals surface area contributed by atoms with Gasteiger partial charge >= 0.3 is 5.97 Å². The molecule has 1 rings (SSSR count). The van der Waals surface area contributed by atoms with E-state index in [0.717, 1.165) is 16.7 Å². The number of nitrogens with zero attached hydrogens (tertiary/aromatic N) is 1. The smallest absolute Gasteiger partial charge is 0.310 e. The molecular formula is C13H14BrNO2. The number of hydrogen-bond donors (Lipinski definition) is 0. The Hall–Kier alpha value is -1.34. The van der Waals surface area contributed by atoms with Gasteiger partial charge in [0.05, 0.1) is 24.7 Å². The number of halogens is 1. The largest absolute Gasteiger partial charge is 0.466 e. The molecule has 0 saturated heterocycles. The molecule has 1 aromatic rings. The minimum absolute atomic E-state index is 0.152. The lowest BCUT2D eigenvalue weighted by Crippen LogP contribution is -2.11. The molecule has 0 fully saturated rings. The summed E-state index contributed by atoms with van der Waals surface area (Å²) in [4.78, 5) is 11.5. The molecule has 17 heavy (non-hydrogen) atoms. The van der Waals surface area contributed by atoms with Crippen LogP contribution < -0.4 is 0 Å². The molecule has 4 heteroatoms. The fourth-order valence-corrected chi connectivity index (χ4v) is 2.17. The summed E-state index contributed by atoms with van der Waals surface area (Å²) < 4.78 is 4.92. The Morgan fingerprint density at radius 3 is 2.76 bits per heavy atom. The molecule has 0 aliphatic heterocycles. The molecule has 0 atom stereocenters. The van der Waals surface area contributed by atoms with Crippen molar-refractivity contribution in [1.29, 1.82) is 5.26 Å². The van der Waals surface area contributed by atoms with E-state index in [2.05, 4.69) is 22.0 Å². The van der Waals surface area contributed by atoms with Gasteiger partial charge in [-0.1, -0.05) is 28.1 Å². The van der Waals surface area contributed by atoms with Crippen LogP contribution in [0.4, 0.5) is 0 Å². The molecule has 3 nitrogen and oxygen atoms in total. The third kappa shape index (κ3) is 3.31. The Labute approximate surface area is 110 Å². The predicted octanol–water partition coefficient (Wildman–Crippen LogP) is 2.87. The summed E-state index contributed by atoms with van der Waals surface area (Å²) in [7, 11) is 0. The summed E-state index contributed by atoms with van der Waals surface area (Å²) in [5.74, 6) is -0.295. The molecule has 0 amide bonds. The van der Waals surface area contributed by atoms with Crippen LogP contribution in [0.2, 0.25) is 0 Å². The van der Waals surface area contributed by atoms with Crippen molar-refractivity contribution in [3.05, 3.63) is 34.4 Å². The standard InChI is InChI=1S/C13H14BrNO2/c1-3-17-13(16)6-11-10(7-14)5-4-9(2)12(11)8-15/h4-5H,3,6-7H2,1-2H3. The molecule has 0 saturated carbocycles. The maximum Gasteiger partial charge on any atom is 0.310 e. The normalized spacial score (nSPS) is 9.76. The zero-order valence-corrected chi connectivity index (χ0v) is 11.5. The second-order valence-electron chi connectivity index (χ2n) is 3.62. The Bertz CT molecular complexity index is 463. The molecule has 0 bridgehead atoms. The zero-order chi connectivity index (χ0) is 12.8. The number of esters is 1. The van der Waals surface area contributed by atoms with Gasteiger partial charge in [0.2, 0.25) is 0 Å². The fourth-order valence-electron chi connectivity index (χ4n) is 1.65. The molecule has 0 unspecified atom stereocenters. The summed E-state index contributed by atoms with van der Waals surface area (Å²) in [6.07, 6.45) is 0.152. The Kier molecular flexibility index (Phi) is 5.17. The van der Waals surface area contributed by atoms with E-state index in [9.17, 15) is 4.79 Å². The van der Waals surface area contributed by atoms with E-state index in [1.165, 1.54) is 0 Å². The first-order chi connectivity index (χ1) is 8.13. The minimum atomic E-state index is -0.295. The molecule has 1 aromatic carbocycles. The van der Waals surface area contributed by atoms with Gasteiger partial charge in [-0.15, -0.1) is 0 Å². The lowest BCUT2D eigenvalue weighted by atomic mass is 9.96. The summed E-state index contributed by atoms with van der Waals surface area (Å²) in [6, 6.07) is 5.98. The highest BCUT2D eigenvalue weighted by atomic mass is 79.9. The number of benzene rings is 1. The van der Waals surface area contributed by atoms with Crippen molar-refractivity contribution >= 4 is 21.9 Å². The number of rotatable bonds is 4. The predicted molar refractivity (Wildman–Crippen MR) is 68.9 cm³/mol. The van der Waals surface area contributed by atoms with Crippen LogP contribution in [-0.2, 0) is 21.3 Å². The highest BCUT2D eigenvalue weighted by Gasteiger charge is 2.14. The van der Waals surface area contributed by atoms with Gasteiger partial charge in [-0.3, -0.25) is 4.79 Å². The van der Waals surface area contributed by atoms with Crippen LogP contribution in [0.1, 0.15) is 29.2 Å². The van der Waals surface area contributed by atoms with Crippen molar-refractivity contribution in [3.8, 4) is 6.07 Å². The first kappa shape index (κ1) is 13.7. The fraction of sp³-hybridized carbons (Fsp3) is 0.385. The number of ether oxygens (including phenoxy) is 1. The molecule has 0 heterocycles. The molecule has 0 radical (unpaired) electrons. The highest BCUT2D eigenvalue weighted by molar-refractivity contribution is 9.08. The lowest BCUT2D eigenvalue weighted by Gasteiger charge is -2.11. The van der Waals surface area contributed by atoms with Gasteiger partial charge in [-0.25, -0.2) is 0 Å². The maximum atomic E-state index is 11.5. The molecule has 0 spiro atoms. The van der Waals surface area contributed by atoms with Crippen molar-refractivity contribution in [1.82, 2.24) is 0 Å². The summed E-state index contributed by atoms with van der Waals surface area (Å²) >= 11 is 3.36. The van der Waals surface area contributed by atoms with E-state index >= 15 is 0 Å². The van der Waals surface area contributed by atoms with Crippen molar-refractivity contribution in [2.75, 3.05) is 6.61 Å². The average Bonchev–Trinajstić information content (AvgIpc) is 2.30. The van der Waals surface area contributed by atoms with Crippen molar-refractivity contribution in [3.63, 3.8) is 0 Å². The number of carbonyl (C=O) groups is 1. The molecule has 0 aromatic heterocycles. The van der Waals surface area contributed by atoms with Gasteiger partial charge in [-0.2, -0.15) is 5.26 Å². The number of hydrogen-bond acceptors (Lipinski definition) is 3. The van der Waals surface area contributed by atoms with E-state index in [0.29, 0.717) is 17.5 Å². The van der Waals surface area contributed by atoms with Crippen molar-refractivity contribution in [2.45, 2.75) is 25.6 Å². The second-order valence-corrected chi connectivity index (χ2v) is 4.18. The molecule has 0 N–H and O–H groups in total. The Morgan fingerprint density at radius 2 is 2.24 bits per heavy atom. The van der Waals surface area contributed by atoms with Crippen LogP contribution in [0.3, 0.4) is 0 Å². The van der Waals surface area contributed by atoms with Gasteiger partial charge in [-0.05, 0) is 30.5 Å². The van der Waals surface area contributed by atoms with Gasteiger partial charge < -0.3 is 4.74 Å². The van der Waals surface area contributed by atoms with E-state index in [-0.39, 0.29) is 12.4 Å². The van der Waals surface area contributed by atoms with Gasteiger partial charge in [0, 0.05) is 5.33 Å². The zero-order valence-electron chi connectivity index (χ0n) is 9.92. The minimum Gasteiger partial charge on any atom is -0.466 e. The van der Waals surface area contributed by atoms with Gasteiger partial charge in [0.1, 0.15) is 0 Å². The van der Waals surface area contributed by atoms with E-state index < -0.39 is 0 Å². The molecular weight excluding hydrogens is 282 g/mol. The van der Waals surface area contributed by atoms with E-state index in [4.69, 9.17) is 10.00 Å². The molecule has 90 valence electrons. The van der Waals surface area contributed by atoms with Crippen LogP contribution in [0.15, 0.2) is 12.1 Å². The maximum absolute atomic E-state index is 11.5. The van der Waals surface area contributed by atoms with E-state index in [1.807, 2.05) is 19.1 Å². The molecule has 0 aliphatic carbocycles. The van der Waals surface area contributed by atoms with Crippen LogP contribution in [0, 0.1) is 18.3 Å². The Balaban J connectivity index is 3.15. The first-order valence-corrected chi connectivity index (χ1v) is 6.49. The number of nitriles is 1. The number of aryl methyl sites for hydroxylation is 1. The first-order valence-electron chi connectivity index (χ1n) is 5.37. The highest BCUT2D eigenvalue weighted by Crippen LogP contribution is 2.21. The summed E-state index contributed by atoms with van der Waals surface area (Å²) in [5, 5.41) is 9.77. The van der Waals surface area contributed by atoms with Gasteiger partial charge in [0.15, 0.2) is 0 Å². The van der Waals surface area contributed by atoms with Crippen LogP contribution >= 0.6 is 15.9 Å². The second kappa shape index (κ2) is 6.41. The monoisotopic (exact) mass is 295 g/mol. The van der Waals surface area contributed by atoms with Crippen LogP contribution in [0.25, 0.3) is 0 Å². The lowest BCUT2D eigenvalue weighted by molar-refractivity contribution is -0.142. The van der Waals surface area contributed by atoms with Crippen LogP contribution in [-0.4, -0.2) is 12.6 Å². The topological polar surface area (TPSA) is 50.1 Å². The number of carbonyl (C=O) groups excluding carboxylic acids is 1. The summed E-state index contributed by atoms with van der Waals surface area (Å²) in [6.45, 7) is 3.99. The molecule has 0 aliphatic rings. The van der Waals surface area contributed by atoms with Crippen molar-refractivity contribution in [2.24, 2.45) is 0 Å². The summed E-state index contributed by atoms with van der Waals surface area (Å²) in [5.41, 5.74) is 3.19. The number of alkyl halides is 1. The average molecular weight is 296 g/mol. The van der Waals surface area contributed by atoms with Gasteiger partial charge in [0.25, 0.3) is 0 Å². The van der Waals surface area contributed by atoms with E-state index in [1.54, 1.807) is 6.92 Å². The third-order valence-electron chi connectivity index (χ3n) is 2.50.